The molecule has 0 amide bonds. The average Bonchev–Trinajstić information content (AvgIpc) is 2.28. The summed E-state index contributed by atoms with van der Waals surface area (Å²) in [6, 6.07) is 2.70. The molecule has 0 unspecified atom stereocenters. The Morgan fingerprint density at radius 1 is 1.59 bits per heavy atom. The van der Waals surface area contributed by atoms with Gasteiger partial charge in [0.05, 0.1) is 11.0 Å². The maximum Gasteiger partial charge on any atom is 0.369 e. The van der Waals surface area contributed by atoms with Gasteiger partial charge in [0.15, 0.2) is 0 Å². The van der Waals surface area contributed by atoms with Gasteiger partial charge in [0.1, 0.15) is 10.7 Å². The summed E-state index contributed by atoms with van der Waals surface area (Å²) >= 11 is 4.63. The van der Waals surface area contributed by atoms with E-state index in [0.717, 1.165) is 12.1 Å². The van der Waals surface area contributed by atoms with E-state index in [1.54, 1.807) is 5.59 Å². The number of carbonyl (C=O) groups excluding carboxylic acids is 1. The smallest absolute Gasteiger partial charge is 0.351 e. The van der Waals surface area contributed by atoms with Gasteiger partial charge in [0.25, 0.3) is 5.69 Å². The molecular weight excluding hydrogens is 253 g/mol. The van der Waals surface area contributed by atoms with E-state index in [9.17, 15) is 19.3 Å². The zero-order valence-electron chi connectivity index (χ0n) is 8.18. The number of carbonyl (C=O) groups is 1. The first kappa shape index (κ1) is 13.1. The molecule has 0 bridgehead atoms. The summed E-state index contributed by atoms with van der Waals surface area (Å²) in [6.45, 7) is 0. The number of thiocarbonyl (C=S) groups is 1. The van der Waals surface area contributed by atoms with E-state index in [2.05, 4.69) is 17.1 Å². The lowest BCUT2D eigenvalue weighted by Crippen LogP contribution is -2.30. The zero-order valence-corrected chi connectivity index (χ0v) is 8.99. The summed E-state index contributed by atoms with van der Waals surface area (Å²) in [5.74, 6) is 2.66. The summed E-state index contributed by atoms with van der Waals surface area (Å²) in [4.78, 5) is 24.4. The second-order valence-electron chi connectivity index (χ2n) is 2.76. The van der Waals surface area contributed by atoms with Gasteiger partial charge in [0.2, 0.25) is 0 Å². The van der Waals surface area contributed by atoms with Gasteiger partial charge in [-0.25, -0.2) is 15.0 Å². The van der Waals surface area contributed by atoms with Gasteiger partial charge in [-0.3, -0.25) is 10.1 Å². The number of hydrogen-bond acceptors (Lipinski definition) is 7. The first-order valence-corrected chi connectivity index (χ1v) is 4.53. The van der Waals surface area contributed by atoms with Gasteiger partial charge in [-0.05, 0) is 6.07 Å². The monoisotopic (exact) mass is 259 g/mol. The van der Waals surface area contributed by atoms with Crippen LogP contribution in [-0.2, 0) is 9.63 Å². The quantitative estimate of drug-likeness (QED) is 0.264. The molecule has 1 aromatic rings. The van der Waals surface area contributed by atoms with E-state index in [-0.39, 0.29) is 5.56 Å². The Bertz CT molecular complexity index is 494. The van der Waals surface area contributed by atoms with Crippen LogP contribution in [0, 0.1) is 15.9 Å². The number of non-ortho nitro benzene ring substituents is 1. The number of nitro benzene ring substituents is 1. The minimum absolute atomic E-state index is 0.272. The van der Waals surface area contributed by atoms with Crippen LogP contribution in [0.25, 0.3) is 0 Å². The molecule has 0 aliphatic rings. The number of nitrogens with two attached hydrogens (primary N) is 1. The highest BCUT2D eigenvalue weighted by molar-refractivity contribution is 7.82. The molecule has 0 fully saturated rings. The largest absolute Gasteiger partial charge is 0.369 e. The Balaban J connectivity index is 3.04. The molecular formula is C8H6FN3O4S. The van der Waals surface area contributed by atoms with Crippen LogP contribution < -0.4 is 11.4 Å². The van der Waals surface area contributed by atoms with Crippen LogP contribution in [0.3, 0.4) is 0 Å². The fraction of sp³-hybridized carbons (Fsp3) is 0. The molecule has 0 heterocycles. The maximum atomic E-state index is 13.4. The predicted molar refractivity (Wildman–Crippen MR) is 58.2 cm³/mol. The van der Waals surface area contributed by atoms with Gasteiger partial charge in [-0.2, -0.15) is 0 Å². The van der Waals surface area contributed by atoms with Crippen molar-refractivity contribution in [2.24, 2.45) is 5.84 Å². The molecule has 17 heavy (non-hydrogen) atoms. The standard InChI is InChI=1S/C8H6FN3O4S/c9-6-3-4(12(14)15)1-2-5(6)7(17)8(13)16-11-10/h1-3,11H,10H2. The van der Waals surface area contributed by atoms with Crippen molar-refractivity contribution in [3.63, 3.8) is 0 Å². The van der Waals surface area contributed by atoms with Crippen LogP contribution in [0.5, 0.6) is 0 Å². The van der Waals surface area contributed by atoms with Crippen molar-refractivity contribution in [3.8, 4) is 0 Å². The molecule has 0 saturated carbocycles. The number of halogens is 1. The summed E-state index contributed by atoms with van der Waals surface area (Å²) < 4.78 is 13.4. The minimum atomic E-state index is -1.06. The molecule has 3 N–H and O–H groups in total. The molecule has 0 radical (unpaired) electrons. The van der Waals surface area contributed by atoms with E-state index in [4.69, 9.17) is 5.84 Å². The van der Waals surface area contributed by atoms with Crippen molar-refractivity contribution in [3.05, 3.63) is 39.7 Å². The average molecular weight is 259 g/mol. The Labute approximate surface area is 99.4 Å². The number of nitrogens with zero attached hydrogens (tertiary/aromatic N) is 1. The molecule has 0 aromatic heterocycles. The Kier molecular flexibility index (Phi) is 4.15. The first-order chi connectivity index (χ1) is 7.97. The number of hydrogen-bond donors (Lipinski definition) is 2. The third kappa shape index (κ3) is 3.00. The van der Waals surface area contributed by atoms with Crippen molar-refractivity contribution in [1.29, 1.82) is 0 Å². The van der Waals surface area contributed by atoms with Gasteiger partial charge in [0, 0.05) is 11.6 Å². The molecule has 9 heteroatoms. The zero-order chi connectivity index (χ0) is 13.0. The third-order valence-corrected chi connectivity index (χ3v) is 2.13. The molecule has 0 spiro atoms. The van der Waals surface area contributed by atoms with Crippen molar-refractivity contribution in [2.75, 3.05) is 0 Å². The van der Waals surface area contributed by atoms with E-state index in [0.29, 0.717) is 6.07 Å². The predicted octanol–water partition coefficient (Wildman–Crippen LogP) is 0.373. The van der Waals surface area contributed by atoms with Gasteiger partial charge in [-0.1, -0.05) is 17.8 Å². The second kappa shape index (κ2) is 5.39. The molecule has 1 aromatic carbocycles. The first-order valence-electron chi connectivity index (χ1n) is 4.12. The van der Waals surface area contributed by atoms with Crippen LogP contribution in [0.15, 0.2) is 18.2 Å². The van der Waals surface area contributed by atoms with Gasteiger partial charge < -0.3 is 4.84 Å². The molecule has 90 valence electrons. The normalized spacial score (nSPS) is 9.76. The van der Waals surface area contributed by atoms with Crippen molar-refractivity contribution < 1.29 is 18.9 Å². The van der Waals surface area contributed by atoms with Gasteiger partial charge >= 0.3 is 5.97 Å². The molecule has 0 aliphatic heterocycles. The summed E-state index contributed by atoms with van der Waals surface area (Å²) in [7, 11) is 0. The Hall–Kier alpha value is -1.97. The Morgan fingerprint density at radius 3 is 2.71 bits per heavy atom. The van der Waals surface area contributed by atoms with Crippen LogP contribution in [0.2, 0.25) is 0 Å². The molecule has 7 nitrogen and oxygen atoms in total. The number of rotatable bonds is 4. The van der Waals surface area contributed by atoms with Crippen molar-refractivity contribution in [2.45, 2.75) is 0 Å². The van der Waals surface area contributed by atoms with Gasteiger partial charge in [-0.15, -0.1) is 0 Å². The van der Waals surface area contributed by atoms with Crippen molar-refractivity contribution in [1.82, 2.24) is 5.59 Å². The lowest BCUT2D eigenvalue weighted by molar-refractivity contribution is -0.385. The summed E-state index contributed by atoms with van der Waals surface area (Å²) in [6.07, 6.45) is 0. The summed E-state index contributed by atoms with van der Waals surface area (Å²) in [5.41, 5.74) is 0.882. The molecule has 1 rings (SSSR count). The van der Waals surface area contributed by atoms with Crippen molar-refractivity contribution >= 4 is 28.7 Å². The topological polar surface area (TPSA) is 107 Å². The fourth-order valence-electron chi connectivity index (χ4n) is 1.01. The lowest BCUT2D eigenvalue weighted by Gasteiger charge is -2.04. The molecule has 0 aliphatic carbocycles. The third-order valence-electron chi connectivity index (χ3n) is 1.75. The highest BCUT2D eigenvalue weighted by atomic mass is 32.1. The summed E-state index contributed by atoms with van der Waals surface area (Å²) in [5, 5.41) is 10.4. The van der Waals surface area contributed by atoms with E-state index in [1.165, 1.54) is 0 Å². The number of nitro groups is 1. The lowest BCUT2D eigenvalue weighted by atomic mass is 10.1. The minimum Gasteiger partial charge on any atom is -0.351 e. The van der Waals surface area contributed by atoms with E-state index >= 15 is 0 Å². The number of hydrazine groups is 1. The molecule has 0 saturated heterocycles. The van der Waals surface area contributed by atoms with Crippen LogP contribution in [0.4, 0.5) is 10.1 Å². The highest BCUT2D eigenvalue weighted by Crippen LogP contribution is 2.17. The number of nitrogens with one attached hydrogen (secondary N) is 1. The SMILES string of the molecule is NNOC(=O)C(=S)c1ccc([N+](=O)[O-])cc1F. The molecule has 0 atom stereocenters. The second-order valence-corrected chi connectivity index (χ2v) is 3.17. The van der Waals surface area contributed by atoms with Crippen LogP contribution in [-0.4, -0.2) is 15.8 Å². The van der Waals surface area contributed by atoms with E-state index in [1.807, 2.05) is 0 Å². The number of benzene rings is 1. The van der Waals surface area contributed by atoms with Crippen LogP contribution >= 0.6 is 12.2 Å². The maximum absolute atomic E-state index is 13.4. The Morgan fingerprint density at radius 2 is 2.24 bits per heavy atom. The van der Waals surface area contributed by atoms with Crippen LogP contribution in [0.1, 0.15) is 5.56 Å². The fourth-order valence-corrected chi connectivity index (χ4v) is 1.22. The highest BCUT2D eigenvalue weighted by Gasteiger charge is 2.19. The van der Waals surface area contributed by atoms with E-state index < -0.39 is 27.3 Å².